The molecule has 0 unspecified atom stereocenters. The molecule has 26 heavy (non-hydrogen) atoms. The van der Waals surface area contributed by atoms with Gasteiger partial charge in [-0.15, -0.1) is 0 Å². The first-order chi connectivity index (χ1) is 12.2. The van der Waals surface area contributed by atoms with Crippen molar-refractivity contribution >= 4 is 5.91 Å². The van der Waals surface area contributed by atoms with E-state index in [9.17, 15) is 14.0 Å². The van der Waals surface area contributed by atoms with Crippen molar-refractivity contribution in [2.45, 2.75) is 46.6 Å². The number of benzene rings is 1. The van der Waals surface area contributed by atoms with Crippen LogP contribution < -0.4 is 5.56 Å². The number of aromatic amines is 1. The monoisotopic (exact) mass is 357 g/mol. The molecule has 0 radical (unpaired) electrons. The third-order valence-corrected chi connectivity index (χ3v) is 4.41. The van der Waals surface area contributed by atoms with Crippen LogP contribution in [0.4, 0.5) is 4.39 Å². The van der Waals surface area contributed by atoms with Gasteiger partial charge in [-0.1, -0.05) is 32.9 Å². The first-order valence-electron chi connectivity index (χ1n) is 8.84. The fourth-order valence-electron chi connectivity index (χ4n) is 3.18. The van der Waals surface area contributed by atoms with Gasteiger partial charge in [-0.2, -0.15) is 0 Å². The van der Waals surface area contributed by atoms with E-state index in [1.54, 1.807) is 17.0 Å². The normalized spacial score (nSPS) is 14.2. The highest BCUT2D eigenvalue weighted by molar-refractivity contribution is 5.77. The van der Waals surface area contributed by atoms with Crippen LogP contribution in [0.2, 0.25) is 0 Å². The summed E-state index contributed by atoms with van der Waals surface area (Å²) >= 11 is 0. The van der Waals surface area contributed by atoms with Crippen molar-refractivity contribution in [2.75, 3.05) is 6.54 Å². The second-order valence-electron chi connectivity index (χ2n) is 8.05. The Balaban J connectivity index is 1.78. The highest BCUT2D eigenvalue weighted by Gasteiger charge is 2.27. The van der Waals surface area contributed by atoms with Gasteiger partial charge in [-0.05, 0) is 23.1 Å². The van der Waals surface area contributed by atoms with Gasteiger partial charge in [0, 0.05) is 25.8 Å². The smallest absolute Gasteiger partial charge is 0.256 e. The largest absolute Gasteiger partial charge is 0.338 e. The molecule has 6 heteroatoms. The summed E-state index contributed by atoms with van der Waals surface area (Å²) in [7, 11) is 0. The molecule has 0 aliphatic carbocycles. The maximum absolute atomic E-state index is 13.3. The fourth-order valence-corrected chi connectivity index (χ4v) is 3.18. The van der Waals surface area contributed by atoms with Crippen molar-refractivity contribution in [1.82, 2.24) is 14.9 Å². The highest BCUT2D eigenvalue weighted by atomic mass is 19.1. The second-order valence-corrected chi connectivity index (χ2v) is 8.05. The number of fused-ring (bicyclic) bond motifs is 1. The summed E-state index contributed by atoms with van der Waals surface area (Å²) < 4.78 is 13.3. The predicted octanol–water partition coefficient (Wildman–Crippen LogP) is 2.82. The van der Waals surface area contributed by atoms with Crippen molar-refractivity contribution in [3.63, 3.8) is 0 Å². The fraction of sp³-hybridized carbons (Fsp3) is 0.450. The molecule has 3 rings (SSSR count). The molecule has 1 aromatic carbocycles. The van der Waals surface area contributed by atoms with E-state index >= 15 is 0 Å². The molecule has 0 atom stereocenters. The van der Waals surface area contributed by atoms with Gasteiger partial charge in [0.1, 0.15) is 11.6 Å². The van der Waals surface area contributed by atoms with Crippen LogP contribution in [0, 0.1) is 11.2 Å². The van der Waals surface area contributed by atoms with E-state index in [0.29, 0.717) is 43.7 Å². The summed E-state index contributed by atoms with van der Waals surface area (Å²) in [4.78, 5) is 34.0. The lowest BCUT2D eigenvalue weighted by atomic mass is 9.91. The number of nitrogens with one attached hydrogen (secondary N) is 1. The number of nitrogens with zero attached hydrogens (tertiary/aromatic N) is 2. The molecule has 0 fully saturated rings. The maximum atomic E-state index is 13.3. The predicted molar refractivity (Wildman–Crippen MR) is 97.3 cm³/mol. The summed E-state index contributed by atoms with van der Waals surface area (Å²) in [6, 6.07) is 6.26. The molecule has 0 bridgehead atoms. The van der Waals surface area contributed by atoms with Crippen LogP contribution >= 0.6 is 0 Å². The lowest BCUT2D eigenvalue weighted by Gasteiger charge is -2.30. The van der Waals surface area contributed by atoms with Gasteiger partial charge >= 0.3 is 0 Å². The molecule has 1 amide bonds. The molecular weight excluding hydrogens is 333 g/mol. The lowest BCUT2D eigenvalue weighted by Crippen LogP contribution is -2.41. The van der Waals surface area contributed by atoms with Gasteiger partial charge in [0.15, 0.2) is 0 Å². The number of rotatable bonds is 3. The summed E-state index contributed by atoms with van der Waals surface area (Å²) in [5.74, 6) is 0.274. The molecule has 5 nitrogen and oxygen atoms in total. The molecule has 1 aliphatic rings. The minimum atomic E-state index is -0.309. The molecule has 1 aliphatic heterocycles. The number of halogens is 1. The Labute approximate surface area is 152 Å². The lowest BCUT2D eigenvalue weighted by molar-refractivity contribution is -0.134. The van der Waals surface area contributed by atoms with Gasteiger partial charge in [0.25, 0.3) is 5.56 Å². The van der Waals surface area contributed by atoms with Crippen LogP contribution in [0.25, 0.3) is 0 Å². The Morgan fingerprint density at radius 1 is 1.35 bits per heavy atom. The number of H-pyrrole nitrogens is 1. The number of amides is 1. The van der Waals surface area contributed by atoms with Crippen LogP contribution in [0.1, 0.15) is 49.8 Å². The molecular formula is C20H24FN3O2. The van der Waals surface area contributed by atoms with Crippen LogP contribution in [0.15, 0.2) is 29.1 Å². The first-order valence-corrected chi connectivity index (χ1v) is 8.84. The van der Waals surface area contributed by atoms with E-state index in [4.69, 9.17) is 0 Å². The minimum Gasteiger partial charge on any atom is -0.338 e. The highest BCUT2D eigenvalue weighted by Crippen LogP contribution is 2.22. The van der Waals surface area contributed by atoms with Crippen LogP contribution in [0.5, 0.6) is 0 Å². The van der Waals surface area contributed by atoms with E-state index in [1.165, 1.54) is 12.1 Å². The van der Waals surface area contributed by atoms with Crippen LogP contribution in [0.3, 0.4) is 0 Å². The first kappa shape index (κ1) is 18.3. The molecule has 1 aromatic heterocycles. The third-order valence-electron chi connectivity index (χ3n) is 4.41. The molecule has 0 saturated heterocycles. The second kappa shape index (κ2) is 7.02. The van der Waals surface area contributed by atoms with Crippen molar-refractivity contribution in [3.8, 4) is 0 Å². The molecule has 0 saturated carbocycles. The SMILES string of the molecule is CC(C)(C)CC(=O)N1CCc2nc(Cc3cccc(F)c3)[nH]c(=O)c2C1. The van der Waals surface area contributed by atoms with E-state index in [1.807, 2.05) is 20.8 Å². The molecule has 2 heterocycles. The van der Waals surface area contributed by atoms with Crippen LogP contribution in [-0.2, 0) is 24.2 Å². The van der Waals surface area contributed by atoms with Gasteiger partial charge in [-0.25, -0.2) is 9.37 Å². The Bertz CT molecular complexity index is 883. The summed E-state index contributed by atoms with van der Waals surface area (Å²) in [6.07, 6.45) is 1.38. The van der Waals surface area contributed by atoms with E-state index < -0.39 is 0 Å². The number of aromatic nitrogens is 2. The zero-order valence-corrected chi connectivity index (χ0v) is 15.4. The molecule has 138 valence electrons. The Hall–Kier alpha value is -2.50. The zero-order valence-electron chi connectivity index (χ0n) is 15.4. The summed E-state index contributed by atoms with van der Waals surface area (Å²) in [5.41, 5.74) is 1.75. The Kier molecular flexibility index (Phi) is 4.94. The zero-order chi connectivity index (χ0) is 18.9. The maximum Gasteiger partial charge on any atom is 0.256 e. The van der Waals surface area contributed by atoms with E-state index in [2.05, 4.69) is 9.97 Å². The van der Waals surface area contributed by atoms with E-state index in [-0.39, 0.29) is 22.7 Å². The summed E-state index contributed by atoms with van der Waals surface area (Å²) in [5, 5.41) is 0. The van der Waals surface area contributed by atoms with Gasteiger partial charge in [-0.3, -0.25) is 9.59 Å². The van der Waals surface area contributed by atoms with E-state index in [0.717, 1.165) is 11.3 Å². The van der Waals surface area contributed by atoms with Gasteiger partial charge in [0.2, 0.25) is 5.91 Å². The average molecular weight is 357 g/mol. The summed E-state index contributed by atoms with van der Waals surface area (Å²) in [6.45, 7) is 6.94. The molecule has 2 aromatic rings. The third kappa shape index (κ3) is 4.36. The number of carbonyl (C=O) groups is 1. The number of carbonyl (C=O) groups excluding carboxylic acids is 1. The quantitative estimate of drug-likeness (QED) is 0.919. The molecule has 0 spiro atoms. The standard InChI is InChI=1S/C20H24FN3O2/c1-20(2,3)11-18(25)24-8-7-16-15(12-24)19(26)23-17(22-16)10-13-5-4-6-14(21)9-13/h4-6,9H,7-8,10-12H2,1-3H3,(H,22,23,26). The van der Waals surface area contributed by atoms with Gasteiger partial charge < -0.3 is 9.88 Å². The average Bonchev–Trinajstić information content (AvgIpc) is 2.53. The van der Waals surface area contributed by atoms with Crippen molar-refractivity contribution < 1.29 is 9.18 Å². The Morgan fingerprint density at radius 3 is 2.81 bits per heavy atom. The van der Waals surface area contributed by atoms with Crippen molar-refractivity contribution in [3.05, 3.63) is 63.1 Å². The number of hydrogen-bond acceptors (Lipinski definition) is 3. The molecule has 1 N–H and O–H groups in total. The van der Waals surface area contributed by atoms with Crippen molar-refractivity contribution in [2.24, 2.45) is 5.41 Å². The topological polar surface area (TPSA) is 66.1 Å². The minimum absolute atomic E-state index is 0.0615. The Morgan fingerprint density at radius 2 is 2.12 bits per heavy atom. The van der Waals surface area contributed by atoms with Gasteiger partial charge in [0.05, 0.1) is 17.8 Å². The van der Waals surface area contributed by atoms with Crippen LogP contribution in [-0.4, -0.2) is 27.3 Å². The number of hydrogen-bond donors (Lipinski definition) is 1. The van der Waals surface area contributed by atoms with Crippen molar-refractivity contribution in [1.29, 1.82) is 0 Å².